The maximum Gasteiger partial charge on any atom is 0.335 e. The van der Waals surface area contributed by atoms with Gasteiger partial charge < -0.3 is 5.11 Å². The van der Waals surface area contributed by atoms with E-state index in [0.29, 0.717) is 5.56 Å². The highest BCUT2D eigenvalue weighted by Gasteiger charge is 2.20. The van der Waals surface area contributed by atoms with Gasteiger partial charge in [0.25, 0.3) is 11.9 Å². The summed E-state index contributed by atoms with van der Waals surface area (Å²) >= 11 is 0. The lowest BCUT2D eigenvalue weighted by atomic mass is 10.1. The first-order chi connectivity index (χ1) is 10.4. The van der Waals surface area contributed by atoms with Crippen LogP contribution in [0.4, 0.5) is 23.2 Å². The number of aromatic carboxylic acids is 1. The first-order valence-electron chi connectivity index (χ1n) is 5.72. The second-order valence-corrected chi connectivity index (χ2v) is 3.99. The molecule has 1 aromatic carbocycles. The van der Waals surface area contributed by atoms with Crippen molar-refractivity contribution in [3.63, 3.8) is 0 Å². The Bertz CT molecular complexity index is 722. The summed E-state index contributed by atoms with van der Waals surface area (Å²) in [4.78, 5) is 13.0. The van der Waals surface area contributed by atoms with E-state index in [1.807, 2.05) is 5.43 Å². The molecule has 0 amide bonds. The molecular weight excluding hydrogens is 306 g/mol. The average molecular weight is 313 g/mol. The topological polar surface area (TPSA) is 74.6 Å². The first kappa shape index (κ1) is 15.4. The van der Waals surface area contributed by atoms with Gasteiger partial charge in [-0.15, -0.1) is 0 Å². The molecule has 0 unspecified atom stereocenters. The minimum Gasteiger partial charge on any atom is -0.478 e. The SMILES string of the molecule is O=C(O)c1ccc(/C=N\Nc2c(F)c(F)nc(F)c2F)cc1. The third-order valence-corrected chi connectivity index (χ3v) is 2.55. The van der Waals surface area contributed by atoms with Crippen LogP contribution in [0.5, 0.6) is 0 Å². The standard InChI is InChI=1S/C13H7F4N3O2/c14-8-10(9(15)12(17)19-11(8)16)20-18-5-6-1-3-7(4-2-6)13(21)22/h1-5H,(H,19,20)(H,21,22)/b18-5-. The Labute approximate surface area is 120 Å². The molecule has 2 aromatic rings. The Balaban J connectivity index is 2.18. The molecule has 2 rings (SSSR count). The zero-order valence-corrected chi connectivity index (χ0v) is 10.6. The van der Waals surface area contributed by atoms with Crippen molar-refractivity contribution in [2.75, 3.05) is 5.43 Å². The molecule has 0 bridgehead atoms. The van der Waals surface area contributed by atoms with Gasteiger partial charge in [-0.05, 0) is 17.7 Å². The predicted octanol–water partition coefficient (Wildman–Crippen LogP) is 2.78. The minimum absolute atomic E-state index is 0.0421. The van der Waals surface area contributed by atoms with E-state index in [4.69, 9.17) is 5.11 Å². The highest BCUT2D eigenvalue weighted by Crippen LogP contribution is 2.21. The maximum absolute atomic E-state index is 13.3. The molecule has 0 aliphatic carbocycles. The summed E-state index contributed by atoms with van der Waals surface area (Å²) in [5, 5.41) is 12.1. The van der Waals surface area contributed by atoms with Crippen LogP contribution in [0, 0.1) is 23.5 Å². The first-order valence-corrected chi connectivity index (χ1v) is 5.72. The number of benzene rings is 1. The van der Waals surface area contributed by atoms with Crippen molar-refractivity contribution >= 4 is 17.9 Å². The van der Waals surface area contributed by atoms with E-state index in [2.05, 4.69) is 10.1 Å². The molecule has 0 radical (unpaired) electrons. The van der Waals surface area contributed by atoms with Crippen LogP contribution in [-0.4, -0.2) is 22.3 Å². The monoisotopic (exact) mass is 313 g/mol. The molecule has 114 valence electrons. The molecule has 0 atom stereocenters. The Morgan fingerprint density at radius 2 is 1.64 bits per heavy atom. The van der Waals surface area contributed by atoms with Crippen molar-refractivity contribution in [3.05, 3.63) is 58.9 Å². The molecule has 0 saturated heterocycles. The summed E-state index contributed by atoms with van der Waals surface area (Å²) in [5.41, 5.74) is 1.15. The number of carboxylic acids is 1. The van der Waals surface area contributed by atoms with E-state index in [0.717, 1.165) is 6.21 Å². The molecule has 9 heteroatoms. The Morgan fingerprint density at radius 1 is 1.09 bits per heavy atom. The Morgan fingerprint density at radius 3 is 2.14 bits per heavy atom. The fraction of sp³-hybridized carbons (Fsp3) is 0. The third-order valence-electron chi connectivity index (χ3n) is 2.55. The summed E-state index contributed by atoms with van der Waals surface area (Å²) in [5.74, 6) is -8.15. The van der Waals surface area contributed by atoms with E-state index >= 15 is 0 Å². The van der Waals surface area contributed by atoms with Crippen molar-refractivity contribution < 1.29 is 27.5 Å². The summed E-state index contributed by atoms with van der Waals surface area (Å²) in [6, 6.07) is 5.34. The van der Waals surface area contributed by atoms with Gasteiger partial charge in [-0.3, -0.25) is 5.43 Å². The molecular formula is C13H7F4N3O2. The summed E-state index contributed by atoms with van der Waals surface area (Å²) in [7, 11) is 0. The third kappa shape index (κ3) is 3.19. The minimum atomic E-state index is -1.80. The number of hydrogen-bond acceptors (Lipinski definition) is 4. The van der Waals surface area contributed by atoms with E-state index in [9.17, 15) is 22.4 Å². The summed E-state index contributed by atoms with van der Waals surface area (Å²) in [6.45, 7) is 0. The molecule has 0 spiro atoms. The van der Waals surface area contributed by atoms with Crippen LogP contribution in [0.3, 0.4) is 0 Å². The zero-order chi connectivity index (χ0) is 16.3. The van der Waals surface area contributed by atoms with Crippen molar-refractivity contribution in [2.45, 2.75) is 0 Å². The molecule has 0 aliphatic heterocycles. The fourth-order valence-electron chi connectivity index (χ4n) is 1.47. The number of nitrogens with one attached hydrogen (secondary N) is 1. The number of nitrogens with zero attached hydrogens (tertiary/aromatic N) is 2. The van der Waals surface area contributed by atoms with Gasteiger partial charge >= 0.3 is 5.97 Å². The van der Waals surface area contributed by atoms with Crippen LogP contribution in [0.2, 0.25) is 0 Å². The van der Waals surface area contributed by atoms with E-state index < -0.39 is 35.2 Å². The maximum atomic E-state index is 13.3. The van der Waals surface area contributed by atoms with Gasteiger partial charge in [0, 0.05) is 0 Å². The van der Waals surface area contributed by atoms with Crippen LogP contribution in [0.25, 0.3) is 0 Å². The lowest BCUT2D eigenvalue weighted by Gasteiger charge is -2.04. The summed E-state index contributed by atoms with van der Waals surface area (Å²) in [6.07, 6.45) is 1.08. The number of halogens is 4. The molecule has 0 saturated carbocycles. The molecule has 1 aromatic heterocycles. The Kier molecular flexibility index (Phi) is 4.35. The molecule has 2 N–H and O–H groups in total. The predicted molar refractivity (Wildman–Crippen MR) is 68.7 cm³/mol. The highest BCUT2D eigenvalue weighted by molar-refractivity contribution is 5.89. The van der Waals surface area contributed by atoms with E-state index in [1.165, 1.54) is 24.3 Å². The van der Waals surface area contributed by atoms with Crippen molar-refractivity contribution in [3.8, 4) is 0 Å². The average Bonchev–Trinajstić information content (AvgIpc) is 2.49. The van der Waals surface area contributed by atoms with Gasteiger partial charge in [-0.2, -0.15) is 27.6 Å². The second kappa shape index (κ2) is 6.20. The number of pyridine rings is 1. The largest absolute Gasteiger partial charge is 0.478 e. The van der Waals surface area contributed by atoms with Gasteiger partial charge in [0.05, 0.1) is 11.8 Å². The lowest BCUT2D eigenvalue weighted by molar-refractivity contribution is 0.0697. The van der Waals surface area contributed by atoms with Crippen molar-refractivity contribution in [1.82, 2.24) is 4.98 Å². The summed E-state index contributed by atoms with van der Waals surface area (Å²) < 4.78 is 52.2. The van der Waals surface area contributed by atoms with Gasteiger partial charge in [-0.25, -0.2) is 4.79 Å². The van der Waals surface area contributed by atoms with Crippen LogP contribution < -0.4 is 5.43 Å². The number of rotatable bonds is 4. The van der Waals surface area contributed by atoms with Crippen LogP contribution in [0.15, 0.2) is 29.4 Å². The highest BCUT2D eigenvalue weighted by atomic mass is 19.2. The number of carboxylic acid groups (broad SMARTS) is 1. The van der Waals surface area contributed by atoms with Gasteiger partial charge in [-0.1, -0.05) is 12.1 Å². The zero-order valence-electron chi connectivity index (χ0n) is 10.6. The van der Waals surface area contributed by atoms with Crippen LogP contribution in [0.1, 0.15) is 15.9 Å². The molecule has 5 nitrogen and oxygen atoms in total. The number of aromatic nitrogens is 1. The fourth-order valence-corrected chi connectivity index (χ4v) is 1.47. The lowest BCUT2D eigenvalue weighted by Crippen LogP contribution is -2.05. The van der Waals surface area contributed by atoms with Gasteiger partial charge in [0.1, 0.15) is 5.69 Å². The van der Waals surface area contributed by atoms with Crippen LogP contribution >= 0.6 is 0 Å². The van der Waals surface area contributed by atoms with Crippen LogP contribution in [-0.2, 0) is 0 Å². The second-order valence-electron chi connectivity index (χ2n) is 3.99. The molecule has 22 heavy (non-hydrogen) atoms. The quantitative estimate of drug-likeness (QED) is 0.394. The number of anilines is 1. The smallest absolute Gasteiger partial charge is 0.335 e. The number of carbonyl (C=O) groups is 1. The number of hydrazone groups is 1. The normalized spacial score (nSPS) is 10.9. The number of hydrogen-bond donors (Lipinski definition) is 2. The Hall–Kier alpha value is -2.97. The molecule has 0 fully saturated rings. The van der Waals surface area contributed by atoms with E-state index in [-0.39, 0.29) is 5.56 Å². The van der Waals surface area contributed by atoms with Crippen molar-refractivity contribution in [1.29, 1.82) is 0 Å². The molecule has 1 heterocycles. The van der Waals surface area contributed by atoms with E-state index in [1.54, 1.807) is 0 Å². The van der Waals surface area contributed by atoms with Gasteiger partial charge in [0.2, 0.25) is 11.6 Å². The molecule has 0 aliphatic rings. The van der Waals surface area contributed by atoms with Crippen molar-refractivity contribution in [2.24, 2.45) is 5.10 Å². The van der Waals surface area contributed by atoms with Gasteiger partial charge in [0.15, 0.2) is 0 Å².